The number of fused-ring (bicyclic) bond motifs is 6. The molecule has 2 aromatic carbocycles. The zero-order valence-corrected chi connectivity index (χ0v) is 14.2. The van der Waals surface area contributed by atoms with Gasteiger partial charge in [0.25, 0.3) is 0 Å². The van der Waals surface area contributed by atoms with Crippen LogP contribution in [0.5, 0.6) is 5.75 Å². The number of benzene rings is 2. The molecule has 4 atom stereocenters. The van der Waals surface area contributed by atoms with E-state index >= 15 is 0 Å². The second-order valence-corrected chi connectivity index (χ2v) is 7.84. The number of aromatic hydroxyl groups is 1. The number of carbonyl (C=O) groups is 2. The van der Waals surface area contributed by atoms with Gasteiger partial charge in [0.05, 0.1) is 28.7 Å². The molecule has 3 aliphatic rings. The van der Waals surface area contributed by atoms with Gasteiger partial charge in [-0.15, -0.1) is 0 Å². The fourth-order valence-corrected chi connectivity index (χ4v) is 5.17. The molecular formula is C20H19NO4. The molecule has 3 saturated heterocycles. The predicted octanol–water partition coefficient (Wildman–Crippen LogP) is 2.99. The van der Waals surface area contributed by atoms with Crippen molar-refractivity contribution < 1.29 is 19.4 Å². The molecule has 3 heterocycles. The number of carbonyl (C=O) groups excluding carboxylic acids is 2. The number of ether oxygens (including phenoxy) is 1. The van der Waals surface area contributed by atoms with Crippen molar-refractivity contribution in [2.45, 2.75) is 37.9 Å². The van der Waals surface area contributed by atoms with Crippen molar-refractivity contribution in [3.63, 3.8) is 0 Å². The highest BCUT2D eigenvalue weighted by atomic mass is 16.5. The lowest BCUT2D eigenvalue weighted by Crippen LogP contribution is -2.40. The zero-order chi connectivity index (χ0) is 17.6. The molecule has 1 N–H and O–H groups in total. The molecule has 128 valence electrons. The van der Waals surface area contributed by atoms with Gasteiger partial charge in [0.2, 0.25) is 11.8 Å². The maximum absolute atomic E-state index is 13.2. The first-order valence-electron chi connectivity index (χ1n) is 8.64. The van der Waals surface area contributed by atoms with E-state index in [4.69, 9.17) is 4.74 Å². The molecule has 5 rings (SSSR count). The first-order chi connectivity index (χ1) is 11.9. The van der Waals surface area contributed by atoms with E-state index in [1.165, 1.54) is 4.90 Å². The van der Waals surface area contributed by atoms with E-state index in [0.717, 1.165) is 12.8 Å². The number of hydrogen-bond donors (Lipinski definition) is 1. The van der Waals surface area contributed by atoms with Crippen LogP contribution < -0.4 is 4.90 Å². The molecule has 4 unspecified atom stereocenters. The van der Waals surface area contributed by atoms with Crippen molar-refractivity contribution in [3.05, 3.63) is 36.4 Å². The Bertz CT molecular complexity index is 920. The molecule has 0 aromatic heterocycles. The Morgan fingerprint density at radius 1 is 0.960 bits per heavy atom. The zero-order valence-electron chi connectivity index (χ0n) is 14.2. The van der Waals surface area contributed by atoms with Crippen molar-refractivity contribution in [1.82, 2.24) is 0 Å². The highest BCUT2D eigenvalue weighted by molar-refractivity contribution is 6.26. The highest BCUT2D eigenvalue weighted by Gasteiger charge is 2.72. The minimum atomic E-state index is -0.562. The maximum Gasteiger partial charge on any atom is 0.240 e. The molecule has 3 fully saturated rings. The average molecular weight is 337 g/mol. The maximum atomic E-state index is 13.2. The average Bonchev–Trinajstić information content (AvgIpc) is 3.13. The van der Waals surface area contributed by atoms with Crippen molar-refractivity contribution in [3.8, 4) is 5.75 Å². The largest absolute Gasteiger partial charge is 0.507 e. The molecule has 0 saturated carbocycles. The van der Waals surface area contributed by atoms with Crippen LogP contribution in [0.15, 0.2) is 36.4 Å². The molecule has 25 heavy (non-hydrogen) atoms. The number of phenols is 1. The fourth-order valence-electron chi connectivity index (χ4n) is 5.17. The minimum absolute atomic E-state index is 0.140. The second-order valence-electron chi connectivity index (χ2n) is 7.84. The summed E-state index contributed by atoms with van der Waals surface area (Å²) < 4.78 is 6.14. The van der Waals surface area contributed by atoms with Crippen molar-refractivity contribution in [2.24, 2.45) is 11.8 Å². The summed E-state index contributed by atoms with van der Waals surface area (Å²) >= 11 is 0. The van der Waals surface area contributed by atoms with Crippen LogP contribution in [0, 0.1) is 11.8 Å². The van der Waals surface area contributed by atoms with Gasteiger partial charge in [0, 0.05) is 10.8 Å². The number of hydrogen-bond acceptors (Lipinski definition) is 4. The molecule has 0 radical (unpaired) electrons. The molecule has 2 aromatic rings. The van der Waals surface area contributed by atoms with Crippen LogP contribution in [-0.4, -0.2) is 28.1 Å². The second kappa shape index (κ2) is 4.41. The summed E-state index contributed by atoms with van der Waals surface area (Å²) in [5, 5.41) is 11.4. The first-order valence-corrected chi connectivity index (χ1v) is 8.64. The normalized spacial score (nSPS) is 36.5. The molecule has 5 nitrogen and oxygen atoms in total. The summed E-state index contributed by atoms with van der Waals surface area (Å²) in [5.41, 5.74) is -0.578. The topological polar surface area (TPSA) is 66.8 Å². The number of anilines is 1. The third kappa shape index (κ3) is 1.66. The fraction of sp³-hybridized carbons (Fsp3) is 0.400. The number of nitrogens with zero attached hydrogens (tertiary/aromatic N) is 1. The number of imide groups is 1. The molecule has 2 bridgehead atoms. The highest BCUT2D eigenvalue weighted by Crippen LogP contribution is 2.61. The van der Waals surface area contributed by atoms with Crippen molar-refractivity contribution >= 4 is 28.3 Å². The van der Waals surface area contributed by atoms with E-state index < -0.39 is 23.0 Å². The molecular weight excluding hydrogens is 318 g/mol. The van der Waals surface area contributed by atoms with Gasteiger partial charge in [0.1, 0.15) is 5.75 Å². The number of rotatable bonds is 1. The van der Waals surface area contributed by atoms with Crippen LogP contribution >= 0.6 is 0 Å². The van der Waals surface area contributed by atoms with Crippen LogP contribution in [0.3, 0.4) is 0 Å². The smallest absolute Gasteiger partial charge is 0.240 e. The monoisotopic (exact) mass is 337 g/mol. The third-order valence-corrected chi connectivity index (χ3v) is 6.33. The Kier molecular flexibility index (Phi) is 2.63. The molecule has 0 aliphatic carbocycles. The Hall–Kier alpha value is -2.40. The van der Waals surface area contributed by atoms with Crippen molar-refractivity contribution in [2.75, 3.05) is 4.90 Å². The molecule has 5 heteroatoms. The molecule has 3 aliphatic heterocycles. The predicted molar refractivity (Wildman–Crippen MR) is 92.2 cm³/mol. The third-order valence-electron chi connectivity index (χ3n) is 6.33. The summed E-state index contributed by atoms with van der Waals surface area (Å²) in [6, 6.07) is 10.5. The first kappa shape index (κ1) is 14.9. The Balaban J connectivity index is 1.69. The number of amides is 2. The lowest BCUT2D eigenvalue weighted by Gasteiger charge is -2.27. The summed E-state index contributed by atoms with van der Waals surface area (Å²) in [7, 11) is 0. The lowest BCUT2D eigenvalue weighted by atomic mass is 9.69. The standard InChI is InChI=1S/C20H19NO4/c1-19-9-10-20(2,25-19)16-15(19)17(23)21(18(16)24)13-7-8-14(22)12-6-4-3-5-11(12)13/h3-8,15-16,22H,9-10H2,1-2H3. The minimum Gasteiger partial charge on any atom is -0.507 e. The van der Waals surface area contributed by atoms with Gasteiger partial charge in [-0.05, 0) is 38.8 Å². The Morgan fingerprint density at radius 2 is 1.52 bits per heavy atom. The van der Waals surface area contributed by atoms with Crippen LogP contribution in [-0.2, 0) is 14.3 Å². The van der Waals surface area contributed by atoms with E-state index in [-0.39, 0.29) is 17.6 Å². The van der Waals surface area contributed by atoms with Gasteiger partial charge < -0.3 is 9.84 Å². The summed E-state index contributed by atoms with van der Waals surface area (Å²) in [5.74, 6) is -1.08. The van der Waals surface area contributed by atoms with Crippen molar-refractivity contribution in [1.29, 1.82) is 0 Å². The lowest BCUT2D eigenvalue weighted by molar-refractivity contribution is -0.129. The summed E-state index contributed by atoms with van der Waals surface area (Å²) in [6.07, 6.45) is 1.60. The summed E-state index contributed by atoms with van der Waals surface area (Å²) in [6.45, 7) is 3.90. The molecule has 2 amide bonds. The van der Waals surface area contributed by atoms with E-state index in [9.17, 15) is 14.7 Å². The van der Waals surface area contributed by atoms with E-state index in [1.807, 2.05) is 32.0 Å². The van der Waals surface area contributed by atoms with Crippen LogP contribution in [0.1, 0.15) is 26.7 Å². The van der Waals surface area contributed by atoms with E-state index in [1.54, 1.807) is 18.2 Å². The van der Waals surface area contributed by atoms with E-state index in [0.29, 0.717) is 16.5 Å². The Morgan fingerprint density at radius 3 is 2.12 bits per heavy atom. The molecule has 0 spiro atoms. The van der Waals surface area contributed by atoms with Gasteiger partial charge in [0.15, 0.2) is 0 Å². The Labute approximate surface area is 145 Å². The van der Waals surface area contributed by atoms with Gasteiger partial charge >= 0.3 is 0 Å². The van der Waals surface area contributed by atoms with Crippen LogP contribution in [0.4, 0.5) is 5.69 Å². The van der Waals surface area contributed by atoms with Gasteiger partial charge in [-0.25, -0.2) is 4.90 Å². The van der Waals surface area contributed by atoms with E-state index in [2.05, 4.69) is 0 Å². The van der Waals surface area contributed by atoms with Crippen LogP contribution in [0.25, 0.3) is 10.8 Å². The van der Waals surface area contributed by atoms with Gasteiger partial charge in [-0.1, -0.05) is 24.3 Å². The number of phenolic OH excluding ortho intramolecular Hbond substituents is 1. The SMILES string of the molecule is CC12CCC(C)(O1)C1C(=O)N(c3ccc(O)c4ccccc34)C(=O)C12. The van der Waals surface area contributed by atoms with Gasteiger partial charge in [-0.3, -0.25) is 9.59 Å². The van der Waals surface area contributed by atoms with Gasteiger partial charge in [-0.2, -0.15) is 0 Å². The summed E-state index contributed by atoms with van der Waals surface area (Å²) in [4.78, 5) is 27.8. The van der Waals surface area contributed by atoms with Crippen LogP contribution in [0.2, 0.25) is 0 Å². The quantitative estimate of drug-likeness (QED) is 0.813.